The molecular formula is C36H42N6O4. The fourth-order valence-electron chi connectivity index (χ4n) is 9.54. The smallest absolute Gasteiger partial charge is 0.295 e. The molecule has 0 saturated heterocycles. The predicted molar refractivity (Wildman–Crippen MR) is 178 cm³/mol. The van der Waals surface area contributed by atoms with E-state index in [4.69, 9.17) is 0 Å². The fraction of sp³-hybridized carbons (Fsp3) is 0.444. The summed E-state index contributed by atoms with van der Waals surface area (Å²) in [4.78, 5) is 54.2. The lowest BCUT2D eigenvalue weighted by atomic mass is 9.43. The molecule has 4 saturated carbocycles. The first-order valence-electron chi connectivity index (χ1n) is 16.3. The van der Waals surface area contributed by atoms with Gasteiger partial charge in [-0.15, -0.1) is 0 Å². The Hall–Kier alpha value is -4.60. The number of nitrogens with zero attached hydrogens (tertiary/aromatic N) is 4. The number of anilines is 2. The summed E-state index contributed by atoms with van der Waals surface area (Å²) in [5.41, 5.74) is 2.61. The van der Waals surface area contributed by atoms with Gasteiger partial charge in [-0.25, -0.2) is 9.36 Å². The minimum atomic E-state index is -0.249. The van der Waals surface area contributed by atoms with Crippen molar-refractivity contribution < 1.29 is 9.59 Å². The van der Waals surface area contributed by atoms with Gasteiger partial charge in [0.1, 0.15) is 11.4 Å². The predicted octanol–water partition coefficient (Wildman–Crippen LogP) is 5.23. The van der Waals surface area contributed by atoms with Crippen molar-refractivity contribution in [3.8, 4) is 11.4 Å². The first kappa shape index (κ1) is 30.1. The number of aromatic nitrogens is 4. The molecule has 10 nitrogen and oxygen atoms in total. The van der Waals surface area contributed by atoms with Crippen LogP contribution in [-0.4, -0.2) is 30.5 Å². The standard InChI is InChI=1S/C36H42N6O4/c1-23-31(33(45)41(39(23)3)27-11-7-5-8-12-27)37-29(43)20-35-16-25-15-26(17-35)19-36(18-25,22-35)21-30(44)38-32-24(2)40(4)42(34(32)46)28-13-9-6-10-14-28/h5-14,25-26H,15-22H2,1-4H3,(H,37,43)(H,38,44). The van der Waals surface area contributed by atoms with Crippen molar-refractivity contribution in [3.05, 3.63) is 92.8 Å². The maximum Gasteiger partial charge on any atom is 0.295 e. The normalized spacial score (nSPS) is 24.7. The zero-order valence-electron chi connectivity index (χ0n) is 27.0. The molecule has 2 heterocycles. The molecule has 0 unspecified atom stereocenters. The molecule has 0 spiro atoms. The van der Waals surface area contributed by atoms with Crippen LogP contribution in [0.2, 0.25) is 0 Å². The van der Waals surface area contributed by atoms with Gasteiger partial charge in [0.2, 0.25) is 11.8 Å². The molecule has 46 heavy (non-hydrogen) atoms. The number of carbonyl (C=O) groups is 2. The molecule has 4 fully saturated rings. The molecule has 8 rings (SSSR count). The van der Waals surface area contributed by atoms with Crippen LogP contribution in [0.25, 0.3) is 11.4 Å². The molecule has 240 valence electrons. The number of rotatable bonds is 8. The molecule has 4 aliphatic carbocycles. The quantitative estimate of drug-likeness (QED) is 0.280. The summed E-state index contributed by atoms with van der Waals surface area (Å²) >= 11 is 0. The van der Waals surface area contributed by atoms with Gasteiger partial charge < -0.3 is 10.6 Å². The van der Waals surface area contributed by atoms with Crippen LogP contribution in [0.5, 0.6) is 0 Å². The van der Waals surface area contributed by atoms with E-state index in [1.54, 1.807) is 18.7 Å². The summed E-state index contributed by atoms with van der Waals surface area (Å²) < 4.78 is 6.70. The van der Waals surface area contributed by atoms with E-state index in [0.29, 0.717) is 47.4 Å². The zero-order valence-corrected chi connectivity index (χ0v) is 27.0. The van der Waals surface area contributed by atoms with Crippen LogP contribution < -0.4 is 21.8 Å². The molecule has 2 N–H and O–H groups in total. The maximum absolute atomic E-state index is 13.7. The van der Waals surface area contributed by atoms with E-state index in [0.717, 1.165) is 49.9 Å². The molecule has 2 aromatic heterocycles. The number of hydrogen-bond donors (Lipinski definition) is 2. The summed E-state index contributed by atoms with van der Waals surface area (Å²) in [5, 5.41) is 5.98. The summed E-state index contributed by atoms with van der Waals surface area (Å²) in [6, 6.07) is 18.8. The molecule has 0 radical (unpaired) electrons. The molecule has 0 atom stereocenters. The van der Waals surface area contributed by atoms with Crippen molar-refractivity contribution in [2.45, 2.75) is 65.2 Å². The van der Waals surface area contributed by atoms with E-state index >= 15 is 0 Å². The Morgan fingerprint density at radius 1 is 0.674 bits per heavy atom. The summed E-state index contributed by atoms with van der Waals surface area (Å²) in [5.74, 6) is 0.664. The van der Waals surface area contributed by atoms with Crippen LogP contribution in [0, 0.1) is 36.5 Å². The highest BCUT2D eigenvalue weighted by Gasteiger charge is 2.58. The Morgan fingerprint density at radius 2 is 1.04 bits per heavy atom. The van der Waals surface area contributed by atoms with Gasteiger partial charge in [0.25, 0.3) is 11.1 Å². The van der Waals surface area contributed by atoms with E-state index < -0.39 is 0 Å². The van der Waals surface area contributed by atoms with Gasteiger partial charge in [-0.2, -0.15) is 0 Å². The lowest BCUT2D eigenvalue weighted by molar-refractivity contribution is -0.142. The number of para-hydroxylation sites is 2. The van der Waals surface area contributed by atoms with Crippen molar-refractivity contribution in [2.75, 3.05) is 10.6 Å². The Bertz CT molecular complexity index is 1800. The number of hydrogen-bond acceptors (Lipinski definition) is 4. The van der Waals surface area contributed by atoms with Crippen molar-refractivity contribution in [3.63, 3.8) is 0 Å². The minimum absolute atomic E-state index is 0.145. The first-order valence-corrected chi connectivity index (χ1v) is 16.3. The largest absolute Gasteiger partial charge is 0.320 e. The van der Waals surface area contributed by atoms with E-state index in [1.165, 1.54) is 0 Å². The van der Waals surface area contributed by atoms with Gasteiger partial charge in [-0.1, -0.05) is 36.4 Å². The highest BCUT2D eigenvalue weighted by molar-refractivity contribution is 5.92. The Kier molecular flexibility index (Phi) is 7.21. The van der Waals surface area contributed by atoms with Crippen LogP contribution in [0.4, 0.5) is 11.4 Å². The van der Waals surface area contributed by atoms with Crippen molar-refractivity contribution in [1.82, 2.24) is 18.7 Å². The van der Waals surface area contributed by atoms with Crippen LogP contribution in [0.3, 0.4) is 0 Å². The molecule has 4 aliphatic rings. The highest BCUT2D eigenvalue weighted by atomic mass is 16.2. The van der Waals surface area contributed by atoms with Crippen LogP contribution >= 0.6 is 0 Å². The Balaban J connectivity index is 1.08. The fourth-order valence-corrected chi connectivity index (χ4v) is 9.54. The molecule has 2 aromatic carbocycles. The second-order valence-corrected chi connectivity index (χ2v) is 14.3. The molecule has 4 bridgehead atoms. The highest BCUT2D eigenvalue weighted by Crippen LogP contribution is 2.67. The van der Waals surface area contributed by atoms with Gasteiger partial charge in [-0.05, 0) is 99.3 Å². The van der Waals surface area contributed by atoms with Crippen LogP contribution in [0.1, 0.15) is 62.8 Å². The summed E-state index contributed by atoms with van der Waals surface area (Å²) in [6.45, 7) is 3.69. The van der Waals surface area contributed by atoms with Gasteiger partial charge in [0.05, 0.1) is 22.8 Å². The lowest BCUT2D eigenvalue weighted by Gasteiger charge is -2.62. The number of amides is 2. The average Bonchev–Trinajstić information content (AvgIpc) is 3.34. The summed E-state index contributed by atoms with van der Waals surface area (Å²) in [7, 11) is 3.64. The Morgan fingerprint density at radius 3 is 1.41 bits per heavy atom. The molecular weight excluding hydrogens is 580 g/mol. The third kappa shape index (κ3) is 5.04. The van der Waals surface area contributed by atoms with Crippen molar-refractivity contribution in [2.24, 2.45) is 36.8 Å². The van der Waals surface area contributed by atoms with Gasteiger partial charge >= 0.3 is 0 Å². The van der Waals surface area contributed by atoms with Gasteiger partial charge in [0, 0.05) is 26.9 Å². The molecule has 4 aromatic rings. The number of benzene rings is 2. The third-order valence-corrected chi connectivity index (χ3v) is 11.0. The number of nitrogens with one attached hydrogen (secondary N) is 2. The maximum atomic E-state index is 13.7. The summed E-state index contributed by atoms with van der Waals surface area (Å²) in [6.07, 6.45) is 6.52. The van der Waals surface area contributed by atoms with Gasteiger partial charge in [0.15, 0.2) is 0 Å². The van der Waals surface area contributed by atoms with Crippen molar-refractivity contribution >= 4 is 23.2 Å². The van der Waals surface area contributed by atoms with E-state index in [-0.39, 0.29) is 33.8 Å². The second-order valence-electron chi connectivity index (χ2n) is 14.3. The van der Waals surface area contributed by atoms with Crippen molar-refractivity contribution in [1.29, 1.82) is 0 Å². The molecule has 10 heteroatoms. The van der Waals surface area contributed by atoms with Crippen LogP contribution in [-0.2, 0) is 23.7 Å². The molecule has 2 amide bonds. The topological polar surface area (TPSA) is 112 Å². The van der Waals surface area contributed by atoms with Gasteiger partial charge in [-0.3, -0.25) is 28.5 Å². The first-order chi connectivity index (χ1) is 22.0. The second kappa shape index (κ2) is 11.0. The van der Waals surface area contributed by atoms with Crippen LogP contribution in [0.15, 0.2) is 70.3 Å². The van der Waals surface area contributed by atoms with E-state index in [2.05, 4.69) is 10.6 Å². The molecule has 0 aliphatic heterocycles. The lowest BCUT2D eigenvalue weighted by Crippen LogP contribution is -2.53. The Labute approximate surface area is 268 Å². The zero-order chi connectivity index (χ0) is 32.4. The third-order valence-electron chi connectivity index (χ3n) is 11.0. The monoisotopic (exact) mass is 622 g/mol. The van der Waals surface area contributed by atoms with E-state index in [1.807, 2.05) is 88.6 Å². The average molecular weight is 623 g/mol. The van der Waals surface area contributed by atoms with E-state index in [9.17, 15) is 19.2 Å². The SMILES string of the molecule is Cc1c(NC(=O)CC23CC4CC(C2)CC(CC(=O)Nc2c(C)n(C)n(-c5ccccc5)c2=O)(C4)C3)c(=O)n(-c2ccccc2)n1C. The number of carbonyl (C=O) groups excluding carboxylic acids is 2. The minimum Gasteiger partial charge on any atom is -0.320 e.